The lowest BCUT2D eigenvalue weighted by atomic mass is 10.1. The number of oxime groups is 1. The summed E-state index contributed by atoms with van der Waals surface area (Å²) in [5, 5.41) is 22.2. The number of hydrogen-bond acceptors (Lipinski definition) is 5. The minimum Gasteiger partial charge on any atom is -0.507 e. The van der Waals surface area contributed by atoms with E-state index < -0.39 is 5.56 Å². The van der Waals surface area contributed by atoms with Crippen LogP contribution in [0.3, 0.4) is 0 Å². The number of aromatic hydroxyl groups is 1. The summed E-state index contributed by atoms with van der Waals surface area (Å²) < 4.78 is 0. The number of nitrogens with one attached hydrogen (secondary N) is 1. The lowest BCUT2D eigenvalue weighted by Crippen LogP contribution is -2.21. The molecule has 3 aromatic rings. The molecule has 0 amide bonds. The van der Waals surface area contributed by atoms with Crippen LogP contribution in [0.4, 0.5) is 0 Å². The van der Waals surface area contributed by atoms with E-state index in [1.807, 2.05) is 0 Å². The van der Waals surface area contributed by atoms with Gasteiger partial charge in [0.15, 0.2) is 5.69 Å². The van der Waals surface area contributed by atoms with Crippen LogP contribution in [0.2, 0.25) is 0 Å². The topological polar surface area (TPSA) is 98.6 Å². The van der Waals surface area contributed by atoms with Crippen molar-refractivity contribution >= 4 is 16.7 Å². The molecule has 0 radical (unpaired) electrons. The van der Waals surface area contributed by atoms with Crippen molar-refractivity contribution in [3.05, 3.63) is 70.1 Å². The van der Waals surface area contributed by atoms with E-state index in [0.29, 0.717) is 11.0 Å². The predicted octanol–water partition coefficient (Wildman–Crippen LogP) is 1.86. The van der Waals surface area contributed by atoms with Crippen molar-refractivity contribution in [3.8, 4) is 5.75 Å². The Morgan fingerprint density at radius 3 is 2.57 bits per heavy atom. The highest BCUT2D eigenvalue weighted by Crippen LogP contribution is 2.19. The maximum atomic E-state index is 12.1. The monoisotopic (exact) mass is 281 g/mol. The first-order valence-corrected chi connectivity index (χ1v) is 6.20. The van der Waals surface area contributed by atoms with Gasteiger partial charge in [0.05, 0.1) is 11.0 Å². The molecule has 2 aromatic carbocycles. The van der Waals surface area contributed by atoms with E-state index in [-0.39, 0.29) is 22.7 Å². The van der Waals surface area contributed by atoms with Gasteiger partial charge in [-0.25, -0.2) is 4.98 Å². The van der Waals surface area contributed by atoms with Gasteiger partial charge in [0.2, 0.25) is 0 Å². The average molecular weight is 281 g/mol. The first-order valence-electron chi connectivity index (χ1n) is 6.20. The summed E-state index contributed by atoms with van der Waals surface area (Å²) >= 11 is 0. The van der Waals surface area contributed by atoms with Crippen molar-refractivity contribution in [2.24, 2.45) is 5.16 Å². The van der Waals surface area contributed by atoms with Crippen molar-refractivity contribution in [1.29, 1.82) is 0 Å². The number of benzene rings is 2. The summed E-state index contributed by atoms with van der Waals surface area (Å²) in [4.78, 5) is 19.0. The Bertz CT molecular complexity index is 900. The first-order chi connectivity index (χ1) is 10.2. The Hall–Kier alpha value is -3.15. The number of H-pyrrole nitrogens is 1. The molecule has 1 aromatic heterocycles. The molecule has 0 aliphatic carbocycles. The Morgan fingerprint density at radius 2 is 1.81 bits per heavy atom. The van der Waals surface area contributed by atoms with Crippen LogP contribution in [-0.2, 0) is 0 Å². The minimum atomic E-state index is -0.496. The van der Waals surface area contributed by atoms with Gasteiger partial charge in [-0.2, -0.15) is 0 Å². The quantitative estimate of drug-likeness (QED) is 0.379. The molecule has 1 heterocycles. The number of fused-ring (bicyclic) bond motifs is 1. The van der Waals surface area contributed by atoms with Gasteiger partial charge in [-0.3, -0.25) is 4.79 Å². The average Bonchev–Trinajstić information content (AvgIpc) is 2.50. The van der Waals surface area contributed by atoms with Crippen molar-refractivity contribution < 1.29 is 10.3 Å². The van der Waals surface area contributed by atoms with Crippen LogP contribution in [0.15, 0.2) is 58.5 Å². The van der Waals surface area contributed by atoms with E-state index in [0.717, 1.165) is 0 Å². The van der Waals surface area contributed by atoms with Crippen LogP contribution in [0.5, 0.6) is 5.75 Å². The maximum absolute atomic E-state index is 12.1. The van der Waals surface area contributed by atoms with Gasteiger partial charge in [-0.05, 0) is 24.3 Å². The third kappa shape index (κ3) is 2.23. The van der Waals surface area contributed by atoms with E-state index in [2.05, 4.69) is 15.1 Å². The number of aromatic amines is 1. The molecule has 0 saturated heterocycles. The number of phenols is 1. The summed E-state index contributed by atoms with van der Waals surface area (Å²) in [6.07, 6.45) is 0. The van der Waals surface area contributed by atoms with E-state index in [1.165, 1.54) is 6.07 Å². The number of phenolic OH excluding ortho intramolecular Hbond substituents is 1. The number of nitrogens with zero attached hydrogens (tertiary/aromatic N) is 2. The summed E-state index contributed by atoms with van der Waals surface area (Å²) in [6, 6.07) is 13.3. The summed E-state index contributed by atoms with van der Waals surface area (Å²) in [5.41, 5.74) is 0.736. The fourth-order valence-electron chi connectivity index (χ4n) is 2.09. The van der Waals surface area contributed by atoms with E-state index >= 15 is 0 Å². The Kier molecular flexibility index (Phi) is 3.12. The number of rotatable bonds is 2. The Labute approximate surface area is 119 Å². The fourth-order valence-corrected chi connectivity index (χ4v) is 2.09. The SMILES string of the molecule is O=c1[nH]c2ccccc2nc1C(=NO)c1ccccc1O. The van der Waals surface area contributed by atoms with E-state index in [9.17, 15) is 15.1 Å². The molecule has 0 aliphatic rings. The summed E-state index contributed by atoms with van der Waals surface area (Å²) in [5.74, 6) is -0.0975. The molecule has 0 spiro atoms. The normalized spacial score (nSPS) is 11.7. The Balaban J connectivity index is 2.25. The first kappa shape index (κ1) is 12.9. The molecule has 0 atom stereocenters. The zero-order valence-corrected chi connectivity index (χ0v) is 10.8. The standard InChI is InChI=1S/C15H11N3O3/c19-12-8-4-1-5-9(12)13(18-21)14-15(20)17-11-7-3-2-6-10(11)16-14/h1-8,19,21H,(H,17,20). The van der Waals surface area contributed by atoms with Crippen LogP contribution < -0.4 is 5.56 Å². The molecule has 6 nitrogen and oxygen atoms in total. The Morgan fingerprint density at radius 1 is 1.10 bits per heavy atom. The molecule has 3 rings (SSSR count). The highest BCUT2D eigenvalue weighted by molar-refractivity contribution is 6.13. The second-order valence-corrected chi connectivity index (χ2v) is 4.40. The zero-order valence-electron chi connectivity index (χ0n) is 10.8. The zero-order chi connectivity index (χ0) is 14.8. The molecule has 21 heavy (non-hydrogen) atoms. The molecule has 3 N–H and O–H groups in total. The van der Waals surface area contributed by atoms with Gasteiger partial charge in [0.1, 0.15) is 11.5 Å². The predicted molar refractivity (Wildman–Crippen MR) is 77.9 cm³/mol. The molecule has 6 heteroatoms. The molecule has 0 aliphatic heterocycles. The van der Waals surface area contributed by atoms with Crippen LogP contribution in [0.25, 0.3) is 11.0 Å². The fraction of sp³-hybridized carbons (Fsp3) is 0. The van der Waals surface area contributed by atoms with Crippen LogP contribution >= 0.6 is 0 Å². The lowest BCUT2D eigenvalue weighted by Gasteiger charge is -2.06. The highest BCUT2D eigenvalue weighted by Gasteiger charge is 2.17. The molecule has 0 unspecified atom stereocenters. The third-order valence-corrected chi connectivity index (χ3v) is 3.08. The second kappa shape index (κ2) is 5.09. The van der Waals surface area contributed by atoms with Crippen LogP contribution in [-0.4, -0.2) is 26.0 Å². The maximum Gasteiger partial charge on any atom is 0.276 e. The van der Waals surface area contributed by atoms with Crippen molar-refractivity contribution in [2.45, 2.75) is 0 Å². The van der Waals surface area contributed by atoms with Crippen LogP contribution in [0, 0.1) is 0 Å². The second-order valence-electron chi connectivity index (χ2n) is 4.40. The van der Waals surface area contributed by atoms with Gasteiger partial charge in [-0.1, -0.05) is 29.4 Å². The van der Waals surface area contributed by atoms with Gasteiger partial charge >= 0.3 is 0 Å². The van der Waals surface area contributed by atoms with Crippen LogP contribution in [0.1, 0.15) is 11.3 Å². The molecular weight excluding hydrogens is 270 g/mol. The van der Waals surface area contributed by atoms with Crippen molar-refractivity contribution in [1.82, 2.24) is 9.97 Å². The van der Waals surface area contributed by atoms with E-state index in [4.69, 9.17) is 0 Å². The number of para-hydroxylation sites is 3. The van der Waals surface area contributed by atoms with Gasteiger partial charge in [-0.15, -0.1) is 0 Å². The molecule has 0 bridgehead atoms. The van der Waals surface area contributed by atoms with Gasteiger partial charge in [0.25, 0.3) is 5.56 Å². The summed E-state index contributed by atoms with van der Waals surface area (Å²) in [6.45, 7) is 0. The minimum absolute atomic E-state index is 0.0577. The molecule has 0 saturated carbocycles. The lowest BCUT2D eigenvalue weighted by molar-refractivity contribution is 0.319. The van der Waals surface area contributed by atoms with Gasteiger partial charge < -0.3 is 15.3 Å². The van der Waals surface area contributed by atoms with Crippen molar-refractivity contribution in [2.75, 3.05) is 0 Å². The number of aromatic nitrogens is 2. The largest absolute Gasteiger partial charge is 0.507 e. The van der Waals surface area contributed by atoms with Crippen molar-refractivity contribution in [3.63, 3.8) is 0 Å². The molecule has 0 fully saturated rings. The third-order valence-electron chi connectivity index (χ3n) is 3.08. The molecular formula is C15H11N3O3. The number of hydrogen-bond donors (Lipinski definition) is 3. The highest BCUT2D eigenvalue weighted by atomic mass is 16.4. The van der Waals surface area contributed by atoms with E-state index in [1.54, 1.807) is 42.5 Å². The smallest absolute Gasteiger partial charge is 0.276 e. The van der Waals surface area contributed by atoms with Gasteiger partial charge in [0, 0.05) is 5.56 Å². The molecule has 104 valence electrons. The summed E-state index contributed by atoms with van der Waals surface area (Å²) in [7, 11) is 0.